The molecule has 0 saturated carbocycles. The number of pyridine rings is 1. The van der Waals surface area contributed by atoms with E-state index in [0.717, 1.165) is 48.8 Å². The van der Waals surface area contributed by atoms with E-state index < -0.39 is 0 Å². The van der Waals surface area contributed by atoms with Gasteiger partial charge in [-0.3, -0.25) is 14.8 Å². The van der Waals surface area contributed by atoms with Gasteiger partial charge in [0.1, 0.15) is 17.2 Å². The third-order valence-corrected chi connectivity index (χ3v) is 5.12. The highest BCUT2D eigenvalue weighted by Crippen LogP contribution is 2.23. The molecule has 7 heteroatoms. The molecule has 3 aromatic rings. The Morgan fingerprint density at radius 1 is 1.22 bits per heavy atom. The molecule has 0 N–H and O–H groups in total. The van der Waals surface area contributed by atoms with Crippen LogP contribution in [-0.2, 0) is 13.5 Å². The molecule has 1 fully saturated rings. The lowest BCUT2D eigenvalue weighted by Gasteiger charge is -2.16. The van der Waals surface area contributed by atoms with Crippen LogP contribution in [0.2, 0.25) is 0 Å². The topological polar surface area (TPSA) is 76.8 Å². The monoisotopic (exact) mass is 362 g/mol. The lowest BCUT2D eigenvalue weighted by molar-refractivity contribution is 0.0781. The van der Waals surface area contributed by atoms with Crippen molar-refractivity contribution in [2.24, 2.45) is 13.0 Å². The Balaban J connectivity index is 1.44. The second-order valence-electron chi connectivity index (χ2n) is 6.97. The molecule has 4 heterocycles. The third kappa shape index (κ3) is 3.58. The number of carbonyl (C=O) groups excluding carboxylic acids is 1. The molecule has 1 aliphatic heterocycles. The standard InChI is InChI=1S/C20H22N6O/c1-14-23-12-19(25(14)2)18-11-21-10-16(24-18)9-15-6-8-26(13-15)20(27)17-5-3-4-7-22-17/h3-5,7,10-12,15H,6,8-9,13H2,1-2H3/t15-/m0/s1. The maximum Gasteiger partial charge on any atom is 0.272 e. The number of imidazole rings is 1. The Labute approximate surface area is 158 Å². The van der Waals surface area contributed by atoms with Crippen LogP contribution in [0.15, 0.2) is 43.0 Å². The fourth-order valence-electron chi connectivity index (χ4n) is 3.50. The van der Waals surface area contributed by atoms with E-state index in [1.54, 1.807) is 18.5 Å². The van der Waals surface area contributed by atoms with Gasteiger partial charge in [0.05, 0.1) is 23.8 Å². The van der Waals surface area contributed by atoms with Crippen molar-refractivity contribution in [3.63, 3.8) is 0 Å². The molecule has 0 spiro atoms. The average Bonchev–Trinajstić information content (AvgIpc) is 3.29. The SMILES string of the molecule is Cc1ncc(-c2cncc(C[C@@H]3CCN(C(=O)c4ccccn4)C3)n2)n1C. The van der Waals surface area contributed by atoms with Crippen LogP contribution in [0, 0.1) is 12.8 Å². The number of aryl methyl sites for hydroxylation is 1. The van der Waals surface area contributed by atoms with Gasteiger partial charge < -0.3 is 9.47 Å². The Hall–Kier alpha value is -3.09. The first-order valence-electron chi connectivity index (χ1n) is 9.11. The lowest BCUT2D eigenvalue weighted by atomic mass is 10.0. The molecule has 7 nitrogen and oxygen atoms in total. The van der Waals surface area contributed by atoms with E-state index in [1.165, 1.54) is 0 Å². The number of likely N-dealkylation sites (tertiary alicyclic amines) is 1. The third-order valence-electron chi connectivity index (χ3n) is 5.12. The highest BCUT2D eigenvalue weighted by atomic mass is 16.2. The Bertz CT molecular complexity index is 952. The molecule has 3 aromatic heterocycles. The zero-order valence-electron chi connectivity index (χ0n) is 15.5. The van der Waals surface area contributed by atoms with Crippen molar-refractivity contribution in [2.75, 3.05) is 13.1 Å². The van der Waals surface area contributed by atoms with E-state index in [2.05, 4.69) is 15.0 Å². The van der Waals surface area contributed by atoms with Gasteiger partial charge in [0.25, 0.3) is 5.91 Å². The largest absolute Gasteiger partial charge is 0.337 e. The predicted molar refractivity (Wildman–Crippen MR) is 101 cm³/mol. The summed E-state index contributed by atoms with van der Waals surface area (Å²) in [7, 11) is 1.98. The number of carbonyl (C=O) groups is 1. The van der Waals surface area contributed by atoms with Gasteiger partial charge in [-0.25, -0.2) is 9.97 Å². The van der Waals surface area contributed by atoms with Gasteiger partial charge in [-0.05, 0) is 37.8 Å². The number of hydrogen-bond donors (Lipinski definition) is 0. The molecule has 0 aliphatic carbocycles. The summed E-state index contributed by atoms with van der Waals surface area (Å²) < 4.78 is 2.01. The van der Waals surface area contributed by atoms with Crippen LogP contribution in [0.1, 0.15) is 28.4 Å². The van der Waals surface area contributed by atoms with Crippen molar-refractivity contribution in [2.45, 2.75) is 19.8 Å². The molecule has 0 aromatic carbocycles. The van der Waals surface area contributed by atoms with Gasteiger partial charge in [-0.15, -0.1) is 0 Å². The highest BCUT2D eigenvalue weighted by Gasteiger charge is 2.28. The second kappa shape index (κ2) is 7.26. The van der Waals surface area contributed by atoms with Crippen LogP contribution in [0.5, 0.6) is 0 Å². The van der Waals surface area contributed by atoms with E-state index in [4.69, 9.17) is 4.98 Å². The molecule has 138 valence electrons. The molecule has 1 aliphatic rings. The normalized spacial score (nSPS) is 16.7. The van der Waals surface area contributed by atoms with Crippen LogP contribution in [0.3, 0.4) is 0 Å². The van der Waals surface area contributed by atoms with Crippen LogP contribution < -0.4 is 0 Å². The minimum Gasteiger partial charge on any atom is -0.337 e. The van der Waals surface area contributed by atoms with Gasteiger partial charge in [-0.1, -0.05) is 6.07 Å². The smallest absolute Gasteiger partial charge is 0.272 e. The van der Waals surface area contributed by atoms with Gasteiger partial charge in [0.15, 0.2) is 0 Å². The predicted octanol–water partition coefficient (Wildman–Crippen LogP) is 2.29. The maximum atomic E-state index is 12.5. The summed E-state index contributed by atoms with van der Waals surface area (Å²) in [5, 5.41) is 0. The quantitative estimate of drug-likeness (QED) is 0.712. The molecular formula is C20H22N6O. The molecule has 27 heavy (non-hydrogen) atoms. The van der Waals surface area contributed by atoms with Crippen molar-refractivity contribution < 1.29 is 4.79 Å². The maximum absolute atomic E-state index is 12.5. The fourth-order valence-corrected chi connectivity index (χ4v) is 3.50. The first-order valence-corrected chi connectivity index (χ1v) is 9.11. The minimum atomic E-state index is 0.00305. The molecule has 1 saturated heterocycles. The zero-order chi connectivity index (χ0) is 18.8. The van der Waals surface area contributed by atoms with Gasteiger partial charge >= 0.3 is 0 Å². The van der Waals surface area contributed by atoms with Gasteiger partial charge in [0, 0.05) is 32.5 Å². The van der Waals surface area contributed by atoms with Crippen molar-refractivity contribution in [3.05, 3.63) is 60.2 Å². The summed E-state index contributed by atoms with van der Waals surface area (Å²) >= 11 is 0. The highest BCUT2D eigenvalue weighted by molar-refractivity contribution is 5.92. The molecule has 0 bridgehead atoms. The first kappa shape index (κ1) is 17.3. The summed E-state index contributed by atoms with van der Waals surface area (Å²) in [6.45, 7) is 3.45. The number of hydrogen-bond acceptors (Lipinski definition) is 5. The van der Waals surface area contributed by atoms with Crippen molar-refractivity contribution in [1.82, 2.24) is 29.4 Å². The Morgan fingerprint density at radius 2 is 2.11 bits per heavy atom. The summed E-state index contributed by atoms with van der Waals surface area (Å²) in [4.78, 5) is 32.1. The molecular weight excluding hydrogens is 340 g/mol. The van der Waals surface area contributed by atoms with E-state index >= 15 is 0 Å². The number of aromatic nitrogens is 5. The first-order chi connectivity index (χ1) is 13.1. The van der Waals surface area contributed by atoms with Crippen molar-refractivity contribution in [1.29, 1.82) is 0 Å². The van der Waals surface area contributed by atoms with E-state index in [-0.39, 0.29) is 5.91 Å². The Morgan fingerprint density at radius 3 is 2.85 bits per heavy atom. The number of nitrogens with zero attached hydrogens (tertiary/aromatic N) is 6. The molecule has 4 rings (SSSR count). The minimum absolute atomic E-state index is 0.00305. The van der Waals surface area contributed by atoms with Gasteiger partial charge in [-0.2, -0.15) is 0 Å². The van der Waals surface area contributed by atoms with Crippen LogP contribution in [-0.4, -0.2) is 48.4 Å². The number of amides is 1. The fraction of sp³-hybridized carbons (Fsp3) is 0.350. The molecule has 0 unspecified atom stereocenters. The van der Waals surface area contributed by atoms with E-state index in [1.807, 2.05) is 48.0 Å². The summed E-state index contributed by atoms with van der Waals surface area (Å²) in [6.07, 6.45) is 8.84. The summed E-state index contributed by atoms with van der Waals surface area (Å²) in [5.74, 6) is 1.33. The number of rotatable bonds is 4. The zero-order valence-corrected chi connectivity index (χ0v) is 15.5. The lowest BCUT2D eigenvalue weighted by Crippen LogP contribution is -2.29. The van der Waals surface area contributed by atoms with Crippen molar-refractivity contribution >= 4 is 5.91 Å². The van der Waals surface area contributed by atoms with E-state index in [9.17, 15) is 4.79 Å². The van der Waals surface area contributed by atoms with Crippen LogP contribution in [0.25, 0.3) is 11.4 Å². The summed E-state index contributed by atoms with van der Waals surface area (Å²) in [6, 6.07) is 5.43. The van der Waals surface area contributed by atoms with Gasteiger partial charge in [0.2, 0.25) is 0 Å². The van der Waals surface area contributed by atoms with Crippen LogP contribution >= 0.6 is 0 Å². The van der Waals surface area contributed by atoms with Crippen LogP contribution in [0.4, 0.5) is 0 Å². The van der Waals surface area contributed by atoms with E-state index in [0.29, 0.717) is 11.6 Å². The summed E-state index contributed by atoms with van der Waals surface area (Å²) in [5.41, 5.74) is 3.24. The molecule has 1 amide bonds. The second-order valence-corrected chi connectivity index (χ2v) is 6.97. The molecule has 0 radical (unpaired) electrons. The van der Waals surface area contributed by atoms with Crippen molar-refractivity contribution in [3.8, 4) is 11.4 Å². The Kier molecular flexibility index (Phi) is 4.66. The average molecular weight is 362 g/mol. The molecule has 1 atom stereocenters.